The van der Waals surface area contributed by atoms with Gasteiger partial charge in [-0.15, -0.1) is 11.3 Å². The molecular formula is C19H14BrN3O3S. The van der Waals surface area contributed by atoms with E-state index in [4.69, 9.17) is 9.15 Å². The monoisotopic (exact) mass is 443 g/mol. The molecule has 27 heavy (non-hydrogen) atoms. The Hall–Kier alpha value is -2.84. The number of anilines is 2. The van der Waals surface area contributed by atoms with Crippen molar-refractivity contribution >= 4 is 55.1 Å². The smallest absolute Gasteiger partial charge is 0.325 e. The fraction of sp³-hybridized carbons (Fsp3) is 0.0526. The Labute approximate surface area is 167 Å². The number of hydrogen-bond acceptors (Lipinski definition) is 5. The average Bonchev–Trinajstić information content (AvgIpc) is 3.28. The van der Waals surface area contributed by atoms with Crippen LogP contribution in [0.1, 0.15) is 0 Å². The van der Waals surface area contributed by atoms with Gasteiger partial charge in [0, 0.05) is 20.9 Å². The van der Waals surface area contributed by atoms with Crippen LogP contribution in [-0.4, -0.2) is 18.1 Å². The van der Waals surface area contributed by atoms with Gasteiger partial charge in [0.05, 0.1) is 7.11 Å². The number of nitrogens with zero attached hydrogens (tertiary/aromatic N) is 1. The van der Waals surface area contributed by atoms with E-state index in [2.05, 4.69) is 31.5 Å². The van der Waals surface area contributed by atoms with Crippen molar-refractivity contribution in [1.29, 1.82) is 0 Å². The lowest BCUT2D eigenvalue weighted by molar-refractivity contribution is 0.262. The van der Waals surface area contributed by atoms with Crippen molar-refractivity contribution in [1.82, 2.24) is 4.98 Å². The number of hydrogen-bond donors (Lipinski definition) is 2. The van der Waals surface area contributed by atoms with Gasteiger partial charge in [-0.25, -0.2) is 9.78 Å². The van der Waals surface area contributed by atoms with E-state index in [0.717, 1.165) is 21.2 Å². The zero-order valence-corrected chi connectivity index (χ0v) is 16.6. The first-order valence-electron chi connectivity index (χ1n) is 7.98. The lowest BCUT2D eigenvalue weighted by Gasteiger charge is -2.06. The quantitative estimate of drug-likeness (QED) is 0.407. The van der Waals surface area contributed by atoms with E-state index < -0.39 is 0 Å². The van der Waals surface area contributed by atoms with Gasteiger partial charge in [-0.3, -0.25) is 5.32 Å². The largest absolute Gasteiger partial charge is 0.497 e. The fourth-order valence-corrected chi connectivity index (χ4v) is 3.59. The molecule has 0 aliphatic rings. The van der Waals surface area contributed by atoms with E-state index in [1.807, 2.05) is 29.6 Å². The maximum Gasteiger partial charge on any atom is 0.325 e. The second kappa shape index (κ2) is 7.42. The van der Waals surface area contributed by atoms with Crippen LogP contribution in [0.25, 0.3) is 22.4 Å². The summed E-state index contributed by atoms with van der Waals surface area (Å²) in [5.74, 6) is 1.38. The van der Waals surface area contributed by atoms with E-state index in [1.54, 1.807) is 31.4 Å². The van der Waals surface area contributed by atoms with Crippen LogP contribution >= 0.6 is 27.3 Å². The first-order chi connectivity index (χ1) is 13.1. The third-order valence-corrected chi connectivity index (χ3v) is 5.05. The molecule has 2 amide bonds. The zero-order valence-electron chi connectivity index (χ0n) is 14.2. The molecule has 2 heterocycles. The van der Waals surface area contributed by atoms with Crippen molar-refractivity contribution in [3.8, 4) is 17.2 Å². The van der Waals surface area contributed by atoms with Gasteiger partial charge in [0.15, 0.2) is 10.9 Å². The van der Waals surface area contributed by atoms with E-state index in [1.165, 1.54) is 11.3 Å². The topological polar surface area (TPSA) is 76.4 Å². The number of aromatic nitrogens is 1. The van der Waals surface area contributed by atoms with Gasteiger partial charge in [0.25, 0.3) is 0 Å². The van der Waals surface area contributed by atoms with E-state index in [-0.39, 0.29) is 6.03 Å². The summed E-state index contributed by atoms with van der Waals surface area (Å²) in [6.45, 7) is 0. The number of carbonyl (C=O) groups excluding carboxylic acids is 1. The number of rotatable bonds is 4. The highest BCUT2D eigenvalue weighted by atomic mass is 79.9. The van der Waals surface area contributed by atoms with E-state index in [0.29, 0.717) is 22.3 Å². The highest BCUT2D eigenvalue weighted by molar-refractivity contribution is 9.10. The minimum absolute atomic E-state index is 0.366. The number of urea groups is 1. The molecule has 0 atom stereocenters. The van der Waals surface area contributed by atoms with Gasteiger partial charge >= 0.3 is 6.03 Å². The van der Waals surface area contributed by atoms with Crippen molar-refractivity contribution in [2.45, 2.75) is 0 Å². The number of nitrogens with one attached hydrogen (secondary N) is 2. The van der Waals surface area contributed by atoms with Crippen LogP contribution in [-0.2, 0) is 0 Å². The molecule has 0 saturated carbocycles. The van der Waals surface area contributed by atoms with Crippen LogP contribution in [0.2, 0.25) is 0 Å². The number of halogens is 1. The molecule has 136 valence electrons. The molecule has 2 N–H and O–H groups in total. The van der Waals surface area contributed by atoms with Crippen LogP contribution in [0.5, 0.6) is 5.75 Å². The molecule has 0 unspecified atom stereocenters. The standard InChI is InChI=1S/C19H14BrN3O3S/c1-25-14-5-3-13(4-6-14)21-18(24)23-19-22-15(10-27-19)17-9-11-8-12(20)2-7-16(11)26-17/h2-10H,1H3,(H2,21,22,23,24). The number of thiazole rings is 1. The summed E-state index contributed by atoms with van der Waals surface area (Å²) in [4.78, 5) is 16.6. The van der Waals surface area contributed by atoms with E-state index in [9.17, 15) is 4.79 Å². The molecule has 0 bridgehead atoms. The Bertz CT molecular complexity index is 1110. The van der Waals surface area contributed by atoms with E-state index >= 15 is 0 Å². The van der Waals surface area contributed by atoms with Crippen LogP contribution < -0.4 is 15.4 Å². The van der Waals surface area contributed by atoms with Gasteiger partial charge < -0.3 is 14.5 Å². The van der Waals surface area contributed by atoms with Gasteiger partial charge in [0.1, 0.15) is 17.0 Å². The SMILES string of the molecule is COc1ccc(NC(=O)Nc2nc(-c3cc4cc(Br)ccc4o3)cs2)cc1. The lowest BCUT2D eigenvalue weighted by Crippen LogP contribution is -2.19. The van der Waals surface area contributed by atoms with Gasteiger partial charge in [0.2, 0.25) is 0 Å². The fourth-order valence-electron chi connectivity index (χ4n) is 2.52. The summed E-state index contributed by atoms with van der Waals surface area (Å²) in [6.07, 6.45) is 0. The molecule has 4 aromatic rings. The number of fused-ring (bicyclic) bond motifs is 1. The molecule has 0 aliphatic carbocycles. The Morgan fingerprint density at radius 2 is 1.96 bits per heavy atom. The second-order valence-electron chi connectivity index (χ2n) is 5.64. The predicted molar refractivity (Wildman–Crippen MR) is 111 cm³/mol. The molecule has 0 saturated heterocycles. The molecule has 8 heteroatoms. The third kappa shape index (κ3) is 3.96. The predicted octanol–water partition coefficient (Wildman–Crippen LogP) is 5.97. The Kier molecular flexibility index (Phi) is 4.83. The van der Waals surface area contributed by atoms with Crippen molar-refractivity contribution < 1.29 is 13.9 Å². The second-order valence-corrected chi connectivity index (χ2v) is 7.41. The van der Waals surface area contributed by atoms with Crippen LogP contribution in [0.4, 0.5) is 15.6 Å². The van der Waals surface area contributed by atoms with Crippen LogP contribution in [0.15, 0.2) is 62.8 Å². The van der Waals surface area contributed by atoms with Crippen molar-refractivity contribution in [3.63, 3.8) is 0 Å². The first kappa shape index (κ1) is 17.6. The highest BCUT2D eigenvalue weighted by Gasteiger charge is 2.12. The summed E-state index contributed by atoms with van der Waals surface area (Å²) in [5.41, 5.74) is 2.12. The average molecular weight is 444 g/mol. The minimum Gasteiger partial charge on any atom is -0.497 e. The maximum absolute atomic E-state index is 12.1. The number of furan rings is 1. The first-order valence-corrected chi connectivity index (χ1v) is 9.65. The molecule has 4 rings (SSSR count). The lowest BCUT2D eigenvalue weighted by atomic mass is 10.2. The summed E-state index contributed by atoms with van der Waals surface area (Å²) < 4.78 is 11.9. The van der Waals surface area contributed by atoms with Gasteiger partial charge in [-0.1, -0.05) is 15.9 Å². The maximum atomic E-state index is 12.1. The number of methoxy groups -OCH3 is 1. The van der Waals surface area contributed by atoms with Crippen molar-refractivity contribution in [2.24, 2.45) is 0 Å². The minimum atomic E-state index is -0.366. The molecule has 0 spiro atoms. The van der Waals surface area contributed by atoms with Crippen LogP contribution in [0, 0.1) is 0 Å². The van der Waals surface area contributed by atoms with Crippen LogP contribution in [0.3, 0.4) is 0 Å². The molecule has 0 aliphatic heterocycles. The molecule has 2 aromatic carbocycles. The Morgan fingerprint density at radius 1 is 1.15 bits per heavy atom. The number of amides is 2. The summed E-state index contributed by atoms with van der Waals surface area (Å²) in [7, 11) is 1.59. The van der Waals surface area contributed by atoms with Gasteiger partial charge in [-0.05, 0) is 48.5 Å². The summed E-state index contributed by atoms with van der Waals surface area (Å²) >= 11 is 4.78. The van der Waals surface area contributed by atoms with Crippen molar-refractivity contribution in [3.05, 3.63) is 58.4 Å². The molecular weight excluding hydrogens is 430 g/mol. The van der Waals surface area contributed by atoms with Crippen molar-refractivity contribution in [2.75, 3.05) is 17.7 Å². The zero-order chi connectivity index (χ0) is 18.8. The Balaban J connectivity index is 1.45. The normalized spacial score (nSPS) is 10.7. The molecule has 6 nitrogen and oxygen atoms in total. The molecule has 2 aromatic heterocycles. The number of carbonyl (C=O) groups is 1. The third-order valence-electron chi connectivity index (χ3n) is 3.80. The van der Waals surface area contributed by atoms with Gasteiger partial charge in [-0.2, -0.15) is 0 Å². The number of ether oxygens (including phenoxy) is 1. The summed E-state index contributed by atoms with van der Waals surface area (Å²) in [5, 5.41) is 8.79. The number of benzene rings is 2. The summed E-state index contributed by atoms with van der Waals surface area (Å²) in [6, 6.07) is 14.4. The molecule has 0 fully saturated rings. The Morgan fingerprint density at radius 3 is 2.74 bits per heavy atom. The highest BCUT2D eigenvalue weighted by Crippen LogP contribution is 2.31. The molecule has 0 radical (unpaired) electrons.